The van der Waals surface area contributed by atoms with Gasteiger partial charge in [0.15, 0.2) is 0 Å². The van der Waals surface area contributed by atoms with Gasteiger partial charge in [0.25, 0.3) is 0 Å². The third-order valence-electron chi connectivity index (χ3n) is 2.97. The van der Waals surface area contributed by atoms with Crippen molar-refractivity contribution in [2.24, 2.45) is 0 Å². The number of ether oxygens (including phenoxy) is 3. The summed E-state index contributed by atoms with van der Waals surface area (Å²) in [7, 11) is 3.42. The van der Waals surface area contributed by atoms with Gasteiger partial charge < -0.3 is 19.5 Å². The van der Waals surface area contributed by atoms with Crippen LogP contribution in [0.25, 0.3) is 0 Å². The fraction of sp³-hybridized carbons (Fsp3) is 0.625. The van der Waals surface area contributed by atoms with Crippen LogP contribution >= 0.6 is 0 Å². The van der Waals surface area contributed by atoms with Gasteiger partial charge in [-0.2, -0.15) is 0 Å². The Bertz CT molecular complexity index is 340. The van der Waals surface area contributed by atoms with Crippen molar-refractivity contribution in [1.29, 1.82) is 0 Å². The van der Waals surface area contributed by atoms with Crippen molar-refractivity contribution in [2.75, 3.05) is 40.5 Å². The molecule has 0 heterocycles. The van der Waals surface area contributed by atoms with Crippen LogP contribution in [0.4, 0.5) is 0 Å². The van der Waals surface area contributed by atoms with Gasteiger partial charge in [-0.1, -0.05) is 19.1 Å². The standard InChI is InChI=1S/C16H27NO3/c1-4-10-17-12-16(13-19-3)20-15-7-5-14(6-8-15)9-11-18-2/h5-8,16-17H,4,9-13H2,1-3H3. The van der Waals surface area contributed by atoms with Crippen LogP contribution < -0.4 is 10.1 Å². The van der Waals surface area contributed by atoms with E-state index in [1.54, 1.807) is 14.2 Å². The second-order valence-corrected chi connectivity index (χ2v) is 4.79. The van der Waals surface area contributed by atoms with Crippen LogP contribution in [0.1, 0.15) is 18.9 Å². The van der Waals surface area contributed by atoms with E-state index in [0.29, 0.717) is 6.61 Å². The van der Waals surface area contributed by atoms with E-state index in [0.717, 1.165) is 38.3 Å². The second kappa shape index (κ2) is 10.7. The van der Waals surface area contributed by atoms with Crippen molar-refractivity contribution < 1.29 is 14.2 Å². The molecule has 0 bridgehead atoms. The molecule has 0 aromatic heterocycles. The lowest BCUT2D eigenvalue weighted by Crippen LogP contribution is -2.35. The summed E-state index contributed by atoms with van der Waals surface area (Å²) in [5, 5.41) is 3.36. The minimum absolute atomic E-state index is 0.0383. The molecule has 4 heteroatoms. The summed E-state index contributed by atoms with van der Waals surface area (Å²) in [6.45, 7) is 5.28. The van der Waals surface area contributed by atoms with E-state index in [-0.39, 0.29) is 6.10 Å². The maximum Gasteiger partial charge on any atom is 0.134 e. The van der Waals surface area contributed by atoms with E-state index < -0.39 is 0 Å². The summed E-state index contributed by atoms with van der Waals surface area (Å²) in [5.74, 6) is 0.881. The lowest BCUT2D eigenvalue weighted by Gasteiger charge is -2.19. The Kier molecular flexibility index (Phi) is 9.04. The number of rotatable bonds is 11. The minimum Gasteiger partial charge on any atom is -0.487 e. The van der Waals surface area contributed by atoms with E-state index in [1.165, 1.54) is 5.56 Å². The summed E-state index contributed by atoms with van der Waals surface area (Å²) >= 11 is 0. The average Bonchev–Trinajstić information content (AvgIpc) is 2.47. The number of methoxy groups -OCH3 is 2. The first-order chi connectivity index (χ1) is 9.80. The van der Waals surface area contributed by atoms with Gasteiger partial charge in [-0.05, 0) is 37.1 Å². The lowest BCUT2D eigenvalue weighted by atomic mass is 10.1. The normalized spacial score (nSPS) is 12.3. The predicted molar refractivity (Wildman–Crippen MR) is 81.5 cm³/mol. The van der Waals surface area contributed by atoms with E-state index in [2.05, 4.69) is 24.4 Å². The summed E-state index contributed by atoms with van der Waals surface area (Å²) in [5.41, 5.74) is 1.26. The Hall–Kier alpha value is -1.10. The Morgan fingerprint density at radius 1 is 1.10 bits per heavy atom. The molecule has 4 nitrogen and oxygen atoms in total. The molecule has 1 aromatic rings. The number of nitrogens with one attached hydrogen (secondary N) is 1. The molecule has 0 aliphatic carbocycles. The van der Waals surface area contributed by atoms with Gasteiger partial charge in [0.2, 0.25) is 0 Å². The van der Waals surface area contributed by atoms with Crippen molar-refractivity contribution >= 4 is 0 Å². The molecule has 0 aliphatic rings. The molecule has 1 atom stereocenters. The van der Waals surface area contributed by atoms with Gasteiger partial charge in [0, 0.05) is 20.8 Å². The zero-order valence-corrected chi connectivity index (χ0v) is 12.9. The molecular weight excluding hydrogens is 254 g/mol. The van der Waals surface area contributed by atoms with Crippen LogP contribution in [0.2, 0.25) is 0 Å². The maximum absolute atomic E-state index is 5.94. The molecule has 0 saturated carbocycles. The molecule has 0 spiro atoms. The first kappa shape index (κ1) is 17.0. The van der Waals surface area contributed by atoms with E-state index in [9.17, 15) is 0 Å². The zero-order chi connectivity index (χ0) is 14.6. The molecule has 114 valence electrons. The highest BCUT2D eigenvalue weighted by Crippen LogP contribution is 2.14. The number of hydrogen-bond acceptors (Lipinski definition) is 4. The highest BCUT2D eigenvalue weighted by Gasteiger charge is 2.09. The van der Waals surface area contributed by atoms with Gasteiger partial charge in [-0.3, -0.25) is 0 Å². The molecule has 0 fully saturated rings. The molecule has 1 N–H and O–H groups in total. The van der Waals surface area contributed by atoms with Gasteiger partial charge in [-0.15, -0.1) is 0 Å². The van der Waals surface area contributed by atoms with Crippen LogP contribution in [0.3, 0.4) is 0 Å². The van der Waals surface area contributed by atoms with Crippen LogP contribution in [0, 0.1) is 0 Å². The summed E-state index contributed by atoms with van der Waals surface area (Å²) in [4.78, 5) is 0. The first-order valence-corrected chi connectivity index (χ1v) is 7.24. The maximum atomic E-state index is 5.94. The molecule has 1 rings (SSSR count). The lowest BCUT2D eigenvalue weighted by molar-refractivity contribution is 0.0807. The molecule has 0 aliphatic heterocycles. The molecule has 0 saturated heterocycles. The molecule has 0 radical (unpaired) electrons. The monoisotopic (exact) mass is 281 g/mol. The van der Waals surface area contributed by atoms with Crippen molar-refractivity contribution in [3.63, 3.8) is 0 Å². The average molecular weight is 281 g/mol. The van der Waals surface area contributed by atoms with Crippen LogP contribution in [0.5, 0.6) is 5.75 Å². The first-order valence-electron chi connectivity index (χ1n) is 7.24. The van der Waals surface area contributed by atoms with E-state index in [1.807, 2.05) is 12.1 Å². The van der Waals surface area contributed by atoms with Crippen molar-refractivity contribution in [3.05, 3.63) is 29.8 Å². The summed E-state index contributed by atoms with van der Waals surface area (Å²) < 4.78 is 16.2. The predicted octanol–water partition coefficient (Wildman–Crippen LogP) is 2.27. The van der Waals surface area contributed by atoms with E-state index >= 15 is 0 Å². The van der Waals surface area contributed by atoms with Crippen LogP contribution in [0.15, 0.2) is 24.3 Å². The molecule has 0 amide bonds. The fourth-order valence-corrected chi connectivity index (χ4v) is 1.91. The topological polar surface area (TPSA) is 39.7 Å². The Morgan fingerprint density at radius 2 is 1.85 bits per heavy atom. The third-order valence-corrected chi connectivity index (χ3v) is 2.97. The number of hydrogen-bond donors (Lipinski definition) is 1. The molecular formula is C16H27NO3. The van der Waals surface area contributed by atoms with Crippen molar-refractivity contribution in [2.45, 2.75) is 25.9 Å². The SMILES string of the molecule is CCCNCC(COC)Oc1ccc(CCOC)cc1. The molecule has 1 aromatic carbocycles. The summed E-state index contributed by atoms with van der Waals surface area (Å²) in [6.07, 6.45) is 2.08. The van der Waals surface area contributed by atoms with Gasteiger partial charge >= 0.3 is 0 Å². The largest absolute Gasteiger partial charge is 0.487 e. The molecule has 1 unspecified atom stereocenters. The van der Waals surface area contributed by atoms with Gasteiger partial charge in [0.05, 0.1) is 13.2 Å². The van der Waals surface area contributed by atoms with E-state index in [4.69, 9.17) is 14.2 Å². The van der Waals surface area contributed by atoms with Gasteiger partial charge in [-0.25, -0.2) is 0 Å². The minimum atomic E-state index is 0.0383. The fourth-order valence-electron chi connectivity index (χ4n) is 1.91. The van der Waals surface area contributed by atoms with Crippen LogP contribution in [-0.4, -0.2) is 46.6 Å². The quantitative estimate of drug-likeness (QED) is 0.632. The number of benzene rings is 1. The third kappa shape index (κ3) is 6.89. The van der Waals surface area contributed by atoms with Gasteiger partial charge in [0.1, 0.15) is 11.9 Å². The highest BCUT2D eigenvalue weighted by molar-refractivity contribution is 5.27. The second-order valence-electron chi connectivity index (χ2n) is 4.79. The zero-order valence-electron chi connectivity index (χ0n) is 12.9. The van der Waals surface area contributed by atoms with Crippen molar-refractivity contribution in [3.8, 4) is 5.75 Å². The Balaban J connectivity index is 2.45. The van der Waals surface area contributed by atoms with Crippen molar-refractivity contribution in [1.82, 2.24) is 5.32 Å². The highest BCUT2D eigenvalue weighted by atomic mass is 16.5. The smallest absolute Gasteiger partial charge is 0.134 e. The Labute approximate surface area is 122 Å². The molecule has 20 heavy (non-hydrogen) atoms. The Morgan fingerprint density at radius 3 is 2.45 bits per heavy atom. The van der Waals surface area contributed by atoms with Crippen LogP contribution in [-0.2, 0) is 15.9 Å². The summed E-state index contributed by atoms with van der Waals surface area (Å²) in [6, 6.07) is 8.18.